The third-order valence-electron chi connectivity index (χ3n) is 15.8. The van der Waals surface area contributed by atoms with E-state index in [4.69, 9.17) is 98.0 Å². The average Bonchev–Trinajstić information content (AvgIpc) is 0.962. The number of ketones is 1. The third kappa shape index (κ3) is 27.5. The number of esters is 4. The van der Waals surface area contributed by atoms with Crippen LogP contribution < -0.4 is 10.7 Å². The van der Waals surface area contributed by atoms with Gasteiger partial charge >= 0.3 is 23.9 Å². The van der Waals surface area contributed by atoms with Gasteiger partial charge in [0, 0.05) is 63.0 Å². The van der Waals surface area contributed by atoms with Crippen LogP contribution in [0.25, 0.3) is 20.2 Å². The minimum Gasteiger partial charge on any atom is -0.465 e. The molecule has 94 heavy (non-hydrogen) atoms. The molecule has 0 spiro atoms. The first-order valence-corrected chi connectivity index (χ1v) is 36.0. The Balaban J connectivity index is 0.000000276. The number of alkyl halides is 6. The molecule has 5 aromatic rings. The summed E-state index contributed by atoms with van der Waals surface area (Å²) >= 11 is 38.2. The number of nitrogens with one attached hydrogen (secondary N) is 1. The van der Waals surface area contributed by atoms with Crippen molar-refractivity contribution >= 4 is 148 Å². The topological polar surface area (TPSA) is 232 Å². The van der Waals surface area contributed by atoms with E-state index in [2.05, 4.69) is 25.2 Å². The number of benzene rings is 3. The second-order valence-electron chi connectivity index (χ2n) is 23.9. The minimum absolute atomic E-state index is 0.00450. The van der Waals surface area contributed by atoms with Gasteiger partial charge in [-0.3, -0.25) is 33.7 Å². The number of ether oxygens (including phenoxy) is 6. The molecule has 4 heterocycles. The number of carbonyl (C=O) groups excluding carboxylic acids is 6. The Bertz CT molecular complexity index is 3270. The van der Waals surface area contributed by atoms with Crippen molar-refractivity contribution in [1.82, 2.24) is 25.2 Å². The molecule has 4 atom stereocenters. The highest BCUT2D eigenvalue weighted by Gasteiger charge is 2.37. The van der Waals surface area contributed by atoms with E-state index in [0.29, 0.717) is 68.2 Å². The highest BCUT2D eigenvalue weighted by atomic mass is 35.6. The van der Waals surface area contributed by atoms with Gasteiger partial charge in [0.15, 0.2) is 22.9 Å². The van der Waals surface area contributed by atoms with Crippen LogP contribution in [-0.4, -0.2) is 139 Å². The Kier molecular flexibility index (Phi) is 35.3. The molecular formula is C68H91Cl6N5O13S2. The second kappa shape index (κ2) is 40.4. The number of unbranched alkanes of at least 4 members (excludes halogenated alkanes) is 4. The number of halogens is 6. The van der Waals surface area contributed by atoms with Gasteiger partial charge in [-0.15, -0.1) is 23.1 Å². The van der Waals surface area contributed by atoms with Crippen LogP contribution in [0.3, 0.4) is 0 Å². The maximum absolute atomic E-state index is 13.0. The van der Waals surface area contributed by atoms with E-state index in [9.17, 15) is 33.6 Å². The van der Waals surface area contributed by atoms with Crippen molar-refractivity contribution in [1.29, 1.82) is 0 Å². The van der Waals surface area contributed by atoms with Crippen LogP contribution in [0.15, 0.2) is 76.4 Å². The van der Waals surface area contributed by atoms with E-state index >= 15 is 0 Å². The number of hydrogen-bond acceptors (Lipinski definition) is 19. The largest absolute Gasteiger partial charge is 0.465 e. The second-order valence-corrected chi connectivity index (χ2v) is 30.7. The van der Waals surface area contributed by atoms with Crippen LogP contribution in [-0.2, 0) is 61.6 Å². The first kappa shape index (κ1) is 82.0. The van der Waals surface area contributed by atoms with Gasteiger partial charge in [-0.1, -0.05) is 168 Å². The predicted octanol–water partition coefficient (Wildman–Crippen LogP) is 15.4. The van der Waals surface area contributed by atoms with Crippen LogP contribution in [0.4, 0.5) is 0 Å². The molecule has 2 aliphatic heterocycles. The summed E-state index contributed by atoms with van der Waals surface area (Å²) in [5.41, 5.74) is -0.126. The summed E-state index contributed by atoms with van der Waals surface area (Å²) in [4.78, 5) is 100. The van der Waals surface area contributed by atoms with E-state index in [-0.39, 0.29) is 94.7 Å². The molecule has 18 nitrogen and oxygen atoms in total. The van der Waals surface area contributed by atoms with Crippen molar-refractivity contribution in [2.75, 3.05) is 71.6 Å². The molecule has 3 aromatic carbocycles. The summed E-state index contributed by atoms with van der Waals surface area (Å²) in [5, 5.41) is 3.89. The van der Waals surface area contributed by atoms with Gasteiger partial charge in [-0.2, -0.15) is 0 Å². The molecule has 0 aliphatic carbocycles. The number of morpholine rings is 1. The first-order chi connectivity index (χ1) is 44.4. The van der Waals surface area contributed by atoms with Crippen LogP contribution in [0.5, 0.6) is 0 Å². The fraction of sp³-hybridized carbons (Fsp3) is 0.588. The zero-order chi connectivity index (χ0) is 69.8. The molecule has 2 aromatic heterocycles. The third-order valence-corrected chi connectivity index (χ3v) is 19.0. The number of aromatic nitrogens is 3. The molecule has 0 bridgehead atoms. The number of amides is 1. The van der Waals surface area contributed by atoms with E-state index in [1.807, 2.05) is 112 Å². The number of thioether (sulfide) groups is 1. The predicted molar refractivity (Wildman–Crippen MR) is 377 cm³/mol. The van der Waals surface area contributed by atoms with Crippen molar-refractivity contribution in [2.24, 2.45) is 23.2 Å². The first-order valence-electron chi connectivity index (χ1n) is 31.9. The summed E-state index contributed by atoms with van der Waals surface area (Å²) in [6.07, 6.45) is 8.66. The molecule has 1 N–H and O–H groups in total. The van der Waals surface area contributed by atoms with Crippen LogP contribution in [0.1, 0.15) is 172 Å². The summed E-state index contributed by atoms with van der Waals surface area (Å²) in [5.74, 6) is -0.106. The molecule has 2 aliphatic rings. The molecular weight excluding hydrogens is 1370 g/mol. The van der Waals surface area contributed by atoms with E-state index in [1.54, 1.807) is 43.0 Å². The Labute approximate surface area is 591 Å². The Morgan fingerprint density at radius 1 is 0.681 bits per heavy atom. The fourth-order valence-corrected chi connectivity index (χ4v) is 10.9. The van der Waals surface area contributed by atoms with Crippen molar-refractivity contribution in [2.45, 2.75) is 164 Å². The zero-order valence-electron chi connectivity index (χ0n) is 55.7. The highest BCUT2D eigenvalue weighted by Crippen LogP contribution is 2.40. The average molecular weight is 1460 g/mol. The number of nitrogens with zero attached hydrogens (tertiary/aromatic N) is 4. The SMILES string of the molecule is CCC(C)(C)C(=O)OCC1CO1.CCC(C)C(=O)NCCCCCCCc1nc(C(Cl)(Cl)Cl)nc(C(Cl)(Cl)Cl)n1.CCC(C)C(=O)OCCOC(=O)c1cccc2sc3ccccc3c(=O)c12.CCC(C)C(=O)OCCSc1ccc(C(=O)C(C)(C)N2CCOCC2)cc1. The lowest BCUT2D eigenvalue weighted by Gasteiger charge is -2.39. The van der Waals surface area contributed by atoms with E-state index < -0.39 is 19.1 Å². The molecule has 26 heteroatoms. The van der Waals surface area contributed by atoms with Gasteiger partial charge < -0.3 is 33.7 Å². The van der Waals surface area contributed by atoms with Gasteiger partial charge in [-0.05, 0) is 103 Å². The molecule has 2 fully saturated rings. The highest BCUT2D eigenvalue weighted by molar-refractivity contribution is 7.99. The van der Waals surface area contributed by atoms with Gasteiger partial charge in [-0.25, -0.2) is 19.7 Å². The number of rotatable bonds is 29. The zero-order valence-corrected chi connectivity index (χ0v) is 61.9. The molecule has 4 unspecified atom stereocenters. The molecule has 7 rings (SSSR count). The minimum atomic E-state index is -1.83. The number of Topliss-reactive ketones (excluding diaryl/α,β-unsaturated/α-hetero) is 1. The van der Waals surface area contributed by atoms with Crippen molar-refractivity contribution < 1.29 is 57.2 Å². The molecule has 1 amide bonds. The fourth-order valence-electron chi connectivity index (χ4n) is 8.58. The number of aryl methyl sites for hydroxylation is 1. The van der Waals surface area contributed by atoms with Crippen LogP contribution in [0, 0.1) is 23.2 Å². The van der Waals surface area contributed by atoms with E-state index in [0.717, 1.165) is 90.9 Å². The molecule has 2 saturated heterocycles. The Morgan fingerprint density at radius 2 is 1.23 bits per heavy atom. The van der Waals surface area contributed by atoms with E-state index in [1.165, 1.54) is 11.3 Å². The monoisotopic (exact) mass is 1460 g/mol. The Morgan fingerprint density at radius 3 is 1.81 bits per heavy atom. The molecule has 0 saturated carbocycles. The van der Waals surface area contributed by atoms with Gasteiger partial charge in [0.25, 0.3) is 0 Å². The lowest BCUT2D eigenvalue weighted by atomic mass is 9.91. The maximum atomic E-state index is 13.0. The molecule has 520 valence electrons. The quantitative estimate of drug-likeness (QED) is 0.00685. The van der Waals surface area contributed by atoms with Crippen molar-refractivity contribution in [3.63, 3.8) is 0 Å². The van der Waals surface area contributed by atoms with Crippen LogP contribution >= 0.6 is 92.7 Å². The smallest absolute Gasteiger partial charge is 0.339 e. The number of hydrogen-bond donors (Lipinski definition) is 1. The number of fused-ring (bicyclic) bond motifs is 2. The van der Waals surface area contributed by atoms with Crippen molar-refractivity contribution in [3.8, 4) is 0 Å². The lowest BCUT2D eigenvalue weighted by Crippen LogP contribution is -2.54. The number of epoxide rings is 1. The summed E-state index contributed by atoms with van der Waals surface area (Å²) in [7, 11) is 0. The number of carbonyl (C=O) groups is 6. The van der Waals surface area contributed by atoms with Crippen LogP contribution in [0.2, 0.25) is 0 Å². The van der Waals surface area contributed by atoms with Gasteiger partial charge in [0.05, 0.1) is 53.6 Å². The molecule has 0 radical (unpaired) electrons. The summed E-state index contributed by atoms with van der Waals surface area (Å²) in [6.45, 7) is 26.3. The maximum Gasteiger partial charge on any atom is 0.339 e. The Hall–Kier alpha value is -4.45. The lowest BCUT2D eigenvalue weighted by molar-refractivity contribution is -0.154. The van der Waals surface area contributed by atoms with Crippen molar-refractivity contribution in [3.05, 3.63) is 106 Å². The normalized spacial score (nSPS) is 15.1. The van der Waals surface area contributed by atoms with Gasteiger partial charge in [0.2, 0.25) is 13.5 Å². The summed E-state index contributed by atoms with van der Waals surface area (Å²) in [6, 6.07) is 20.1. The van der Waals surface area contributed by atoms with Gasteiger partial charge in [0.1, 0.15) is 38.4 Å². The standard InChI is InChI=1S/C21H31NO4S.C21H20O5S.C17H24Cl6N4O.C9H16O3/c1-5-16(2)20(24)26-14-15-27-18-8-6-17(7-9-18)19(23)21(3,4)22-10-12-25-13-11-22;1-3-13(2)20(23)25-11-12-26-21(24)15-8-6-10-17-18(15)19(22)14-7-4-5-9-16(14)27-17;1-3-11(2)13(28)24-10-8-6-4-5-7-9-12-25-14(16(18,19)20)27-15(26-12)17(21,22)23;1-4-9(2,3)8(10)12-6-7-5-11-7/h6-9,16H,5,10-15H2,1-4H3;4-10,13H,3,11-12H2,1-2H3;11H,3-10H2,1-2H3,(H,24,28);7H,4-6H2,1-3H3. The summed E-state index contributed by atoms with van der Waals surface area (Å²) < 4.78 is 28.9.